The van der Waals surface area contributed by atoms with Gasteiger partial charge in [0.05, 0.1) is 11.4 Å². The number of aromatic nitrogens is 3. The molecule has 6 heteroatoms. The van der Waals surface area contributed by atoms with E-state index in [2.05, 4.69) is 16.3 Å². The van der Waals surface area contributed by atoms with Crippen LogP contribution in [-0.2, 0) is 9.53 Å². The Bertz CT molecular complexity index is 619. The third-order valence-electron chi connectivity index (χ3n) is 4.08. The van der Waals surface area contributed by atoms with E-state index in [4.69, 9.17) is 9.72 Å². The molecule has 1 aliphatic heterocycles. The summed E-state index contributed by atoms with van der Waals surface area (Å²) in [5.41, 5.74) is 2.92. The van der Waals surface area contributed by atoms with Crippen LogP contribution in [0.1, 0.15) is 24.5 Å². The van der Waals surface area contributed by atoms with Crippen molar-refractivity contribution >= 4 is 5.91 Å². The molecule has 0 saturated carbocycles. The number of rotatable bonds is 4. The zero-order valence-electron chi connectivity index (χ0n) is 12.7. The molecule has 1 saturated heterocycles. The van der Waals surface area contributed by atoms with Crippen LogP contribution < -0.4 is 0 Å². The summed E-state index contributed by atoms with van der Waals surface area (Å²) in [6.45, 7) is 1.70. The van der Waals surface area contributed by atoms with Gasteiger partial charge in [0.2, 0.25) is 5.91 Å². The van der Waals surface area contributed by atoms with Crippen molar-refractivity contribution in [3.8, 4) is 11.4 Å². The van der Waals surface area contributed by atoms with E-state index in [1.54, 1.807) is 13.3 Å². The average molecular weight is 300 g/mol. The first kappa shape index (κ1) is 14.7. The molecular weight excluding hydrogens is 280 g/mol. The number of nitrogens with one attached hydrogen (secondary N) is 1. The van der Waals surface area contributed by atoms with E-state index in [0.29, 0.717) is 5.92 Å². The third kappa shape index (κ3) is 3.17. The molecule has 1 N–H and O–H groups in total. The Balaban J connectivity index is 1.66. The molecule has 3 rings (SSSR count). The summed E-state index contributed by atoms with van der Waals surface area (Å²) < 4.78 is 4.91. The summed E-state index contributed by atoms with van der Waals surface area (Å²) in [5.74, 6) is 0.467. The highest BCUT2D eigenvalue weighted by molar-refractivity contribution is 5.77. The highest BCUT2D eigenvalue weighted by Gasteiger charge is 2.24. The van der Waals surface area contributed by atoms with E-state index in [-0.39, 0.29) is 12.5 Å². The molecule has 0 spiro atoms. The molecule has 1 amide bonds. The second-order valence-electron chi connectivity index (χ2n) is 5.51. The summed E-state index contributed by atoms with van der Waals surface area (Å²) in [6, 6.07) is 7.99. The monoisotopic (exact) mass is 300 g/mol. The lowest BCUT2D eigenvalue weighted by atomic mass is 9.93. The largest absolute Gasteiger partial charge is 0.375 e. The van der Waals surface area contributed by atoms with Crippen molar-refractivity contribution in [2.75, 3.05) is 26.8 Å². The number of hydrogen-bond acceptors (Lipinski definition) is 4. The highest BCUT2D eigenvalue weighted by atomic mass is 16.5. The normalized spacial score (nSPS) is 16.0. The summed E-state index contributed by atoms with van der Waals surface area (Å²) >= 11 is 0. The number of hydrogen-bond donors (Lipinski definition) is 1. The lowest BCUT2D eigenvalue weighted by molar-refractivity contribution is -0.136. The number of likely N-dealkylation sites (tertiary alicyclic amines) is 1. The Labute approximate surface area is 129 Å². The fourth-order valence-electron chi connectivity index (χ4n) is 2.87. The molecule has 22 heavy (non-hydrogen) atoms. The zero-order chi connectivity index (χ0) is 15.4. The molecule has 3 heterocycles. The van der Waals surface area contributed by atoms with Crippen molar-refractivity contribution < 1.29 is 9.53 Å². The molecule has 6 nitrogen and oxygen atoms in total. The summed E-state index contributed by atoms with van der Waals surface area (Å²) in [4.78, 5) is 18.4. The Morgan fingerprint density at radius 1 is 1.36 bits per heavy atom. The van der Waals surface area contributed by atoms with Crippen LogP contribution in [0, 0.1) is 0 Å². The molecule has 1 fully saturated rings. The van der Waals surface area contributed by atoms with Crippen LogP contribution >= 0.6 is 0 Å². The average Bonchev–Trinajstić information content (AvgIpc) is 3.10. The molecule has 0 bridgehead atoms. The number of nitrogens with zero attached hydrogens (tertiary/aromatic N) is 3. The van der Waals surface area contributed by atoms with E-state index in [0.717, 1.165) is 43.0 Å². The van der Waals surface area contributed by atoms with Crippen LogP contribution in [0.25, 0.3) is 11.4 Å². The fraction of sp³-hybridized carbons (Fsp3) is 0.438. The van der Waals surface area contributed by atoms with Crippen molar-refractivity contribution in [2.24, 2.45) is 0 Å². The molecule has 0 atom stereocenters. The standard InChI is InChI=1S/C16H20N4O2/c1-22-11-16(21)20-9-6-12(7-10-20)13-3-2-4-14(18-13)15-5-8-17-19-15/h2-5,8,12H,6-7,9-11H2,1H3,(H,17,19). The van der Waals surface area contributed by atoms with E-state index in [9.17, 15) is 4.79 Å². The van der Waals surface area contributed by atoms with Gasteiger partial charge in [0, 0.05) is 38.0 Å². The molecule has 116 valence electrons. The van der Waals surface area contributed by atoms with E-state index in [1.165, 1.54) is 0 Å². The number of carbonyl (C=O) groups is 1. The van der Waals surface area contributed by atoms with Crippen LogP contribution in [0.3, 0.4) is 0 Å². The van der Waals surface area contributed by atoms with Crippen LogP contribution in [0.15, 0.2) is 30.5 Å². The van der Waals surface area contributed by atoms with E-state index >= 15 is 0 Å². The van der Waals surface area contributed by atoms with Gasteiger partial charge >= 0.3 is 0 Å². The summed E-state index contributed by atoms with van der Waals surface area (Å²) in [6.07, 6.45) is 3.60. The topological polar surface area (TPSA) is 71.1 Å². The second-order valence-corrected chi connectivity index (χ2v) is 5.51. The lowest BCUT2D eigenvalue weighted by Crippen LogP contribution is -2.39. The van der Waals surface area contributed by atoms with Crippen molar-refractivity contribution in [1.82, 2.24) is 20.1 Å². The Morgan fingerprint density at radius 2 is 2.18 bits per heavy atom. The van der Waals surface area contributed by atoms with E-state index < -0.39 is 0 Å². The van der Waals surface area contributed by atoms with Gasteiger partial charge in [0.25, 0.3) is 0 Å². The Morgan fingerprint density at radius 3 is 2.86 bits per heavy atom. The van der Waals surface area contributed by atoms with Crippen molar-refractivity contribution in [3.63, 3.8) is 0 Å². The molecule has 0 aromatic carbocycles. The first-order valence-corrected chi connectivity index (χ1v) is 7.51. The quantitative estimate of drug-likeness (QED) is 0.935. The number of H-pyrrole nitrogens is 1. The minimum atomic E-state index is 0.0696. The number of amides is 1. The zero-order valence-corrected chi connectivity index (χ0v) is 12.7. The minimum absolute atomic E-state index is 0.0696. The lowest BCUT2D eigenvalue weighted by Gasteiger charge is -2.31. The van der Waals surface area contributed by atoms with Gasteiger partial charge in [0.15, 0.2) is 0 Å². The molecular formula is C16H20N4O2. The van der Waals surface area contributed by atoms with Gasteiger partial charge < -0.3 is 9.64 Å². The third-order valence-corrected chi connectivity index (χ3v) is 4.08. The van der Waals surface area contributed by atoms with Gasteiger partial charge in [-0.15, -0.1) is 0 Å². The van der Waals surface area contributed by atoms with Crippen LogP contribution in [0.5, 0.6) is 0 Å². The Kier molecular flexibility index (Phi) is 4.48. The maximum Gasteiger partial charge on any atom is 0.248 e. The first-order valence-electron chi connectivity index (χ1n) is 7.51. The maximum absolute atomic E-state index is 11.8. The van der Waals surface area contributed by atoms with Crippen molar-refractivity contribution in [2.45, 2.75) is 18.8 Å². The number of pyridine rings is 1. The maximum atomic E-state index is 11.8. The molecule has 2 aromatic heterocycles. The van der Waals surface area contributed by atoms with E-state index in [1.807, 2.05) is 23.1 Å². The first-order chi connectivity index (χ1) is 10.8. The molecule has 0 aliphatic carbocycles. The fourth-order valence-corrected chi connectivity index (χ4v) is 2.87. The van der Waals surface area contributed by atoms with Gasteiger partial charge in [-0.3, -0.25) is 14.9 Å². The van der Waals surface area contributed by atoms with Gasteiger partial charge in [-0.05, 0) is 31.0 Å². The minimum Gasteiger partial charge on any atom is -0.375 e. The number of carbonyl (C=O) groups excluding carboxylic acids is 1. The van der Waals surface area contributed by atoms with Crippen LogP contribution in [0.2, 0.25) is 0 Å². The van der Waals surface area contributed by atoms with Gasteiger partial charge in [-0.25, -0.2) is 0 Å². The van der Waals surface area contributed by atoms with Crippen molar-refractivity contribution in [3.05, 3.63) is 36.2 Å². The van der Waals surface area contributed by atoms with Gasteiger partial charge in [0.1, 0.15) is 6.61 Å². The molecule has 0 unspecified atom stereocenters. The number of ether oxygens (including phenoxy) is 1. The summed E-state index contributed by atoms with van der Waals surface area (Å²) in [7, 11) is 1.55. The highest BCUT2D eigenvalue weighted by Crippen LogP contribution is 2.28. The predicted molar refractivity (Wildman–Crippen MR) is 82.2 cm³/mol. The molecule has 1 aliphatic rings. The molecule has 2 aromatic rings. The van der Waals surface area contributed by atoms with Crippen LogP contribution in [0.4, 0.5) is 0 Å². The van der Waals surface area contributed by atoms with Crippen molar-refractivity contribution in [1.29, 1.82) is 0 Å². The SMILES string of the molecule is COCC(=O)N1CCC(c2cccc(-c3ccn[nH]3)n2)CC1. The predicted octanol–water partition coefficient (Wildman–Crippen LogP) is 1.82. The Hall–Kier alpha value is -2.21. The van der Waals surface area contributed by atoms with Gasteiger partial charge in [-0.2, -0.15) is 5.10 Å². The number of aromatic amines is 1. The summed E-state index contributed by atoms with van der Waals surface area (Å²) in [5, 5.41) is 6.91. The number of piperidine rings is 1. The molecule has 0 radical (unpaired) electrons. The van der Waals surface area contributed by atoms with Gasteiger partial charge in [-0.1, -0.05) is 6.07 Å². The number of methoxy groups -OCH3 is 1. The smallest absolute Gasteiger partial charge is 0.248 e. The second kappa shape index (κ2) is 6.70. The van der Waals surface area contributed by atoms with Crippen LogP contribution in [-0.4, -0.2) is 52.8 Å².